The maximum atomic E-state index is 5.73. The van der Waals surface area contributed by atoms with Gasteiger partial charge in [-0.1, -0.05) is 32.0 Å². The second-order valence-corrected chi connectivity index (χ2v) is 6.32. The van der Waals surface area contributed by atoms with Crippen molar-refractivity contribution in [2.45, 2.75) is 25.3 Å². The maximum Gasteiger partial charge on any atom is 0.0732 e. The van der Waals surface area contributed by atoms with Gasteiger partial charge in [0.05, 0.1) is 5.03 Å². The number of rotatable bonds is 5. The molecule has 0 atom stereocenters. The lowest BCUT2D eigenvalue weighted by molar-refractivity contribution is 0.368. The molecule has 17 heavy (non-hydrogen) atoms. The predicted octanol–water partition coefficient (Wildman–Crippen LogP) is 3.64. The Kier molecular flexibility index (Phi) is 3.79. The summed E-state index contributed by atoms with van der Waals surface area (Å²) < 4.78 is 0. The first-order valence-corrected chi connectivity index (χ1v) is 7.00. The molecule has 0 aliphatic carbocycles. The molecule has 2 nitrogen and oxygen atoms in total. The largest absolute Gasteiger partial charge is 0.350 e. The highest BCUT2D eigenvalue weighted by Gasteiger charge is 2.15. The van der Waals surface area contributed by atoms with Crippen LogP contribution in [-0.2, 0) is 0 Å². The van der Waals surface area contributed by atoms with E-state index in [1.54, 1.807) is 0 Å². The van der Waals surface area contributed by atoms with Crippen molar-refractivity contribution in [1.82, 2.24) is 4.98 Å². The molecule has 0 radical (unpaired) electrons. The van der Waals surface area contributed by atoms with Gasteiger partial charge in [0.15, 0.2) is 0 Å². The van der Waals surface area contributed by atoms with Crippen LogP contribution in [0.4, 0.5) is 0 Å². The minimum atomic E-state index is 0.249. The van der Waals surface area contributed by atoms with E-state index in [0.717, 1.165) is 18.7 Å². The van der Waals surface area contributed by atoms with Crippen LogP contribution in [0, 0.1) is 5.41 Å². The Morgan fingerprint density at radius 3 is 2.76 bits per heavy atom. The van der Waals surface area contributed by atoms with Crippen LogP contribution in [0.3, 0.4) is 0 Å². The van der Waals surface area contributed by atoms with Crippen LogP contribution in [0.15, 0.2) is 35.4 Å². The van der Waals surface area contributed by atoms with E-state index >= 15 is 0 Å². The number of aromatic nitrogens is 1. The molecule has 0 saturated carbocycles. The Labute approximate surface area is 107 Å². The first-order chi connectivity index (χ1) is 8.11. The molecule has 1 aromatic heterocycles. The minimum absolute atomic E-state index is 0.249. The topological polar surface area (TPSA) is 41.8 Å². The number of nitrogens with one attached hydrogen (secondary N) is 1. The van der Waals surface area contributed by atoms with Gasteiger partial charge in [-0.3, -0.25) is 0 Å². The van der Waals surface area contributed by atoms with Crippen molar-refractivity contribution in [2.24, 2.45) is 11.1 Å². The van der Waals surface area contributed by atoms with E-state index in [2.05, 4.69) is 49.2 Å². The van der Waals surface area contributed by atoms with Gasteiger partial charge in [0.2, 0.25) is 0 Å². The highest BCUT2D eigenvalue weighted by molar-refractivity contribution is 7.99. The van der Waals surface area contributed by atoms with E-state index < -0.39 is 0 Å². The normalized spacial score (nSPS) is 12.2. The Morgan fingerprint density at radius 2 is 2.06 bits per heavy atom. The molecule has 2 rings (SSSR count). The van der Waals surface area contributed by atoms with Gasteiger partial charge in [-0.2, -0.15) is 0 Å². The third-order valence-electron chi connectivity index (χ3n) is 3.09. The minimum Gasteiger partial charge on any atom is -0.350 e. The van der Waals surface area contributed by atoms with E-state index in [1.807, 2.05) is 11.8 Å². The Bertz CT molecular complexity index is 455. The SMILES string of the molecule is CC(C)(CN)CCSc1cc2ccccc2[nH]1. The lowest BCUT2D eigenvalue weighted by Crippen LogP contribution is -2.23. The van der Waals surface area contributed by atoms with Gasteiger partial charge >= 0.3 is 0 Å². The van der Waals surface area contributed by atoms with E-state index in [-0.39, 0.29) is 5.41 Å². The summed E-state index contributed by atoms with van der Waals surface area (Å²) in [5.41, 5.74) is 7.19. The number of hydrogen-bond donors (Lipinski definition) is 2. The van der Waals surface area contributed by atoms with Gasteiger partial charge in [-0.05, 0) is 36.3 Å². The van der Waals surface area contributed by atoms with Crippen LogP contribution in [0.5, 0.6) is 0 Å². The molecule has 2 aromatic rings. The van der Waals surface area contributed by atoms with E-state index in [4.69, 9.17) is 5.73 Å². The zero-order chi connectivity index (χ0) is 12.3. The fourth-order valence-corrected chi connectivity index (χ4v) is 2.93. The molecule has 0 saturated heterocycles. The fraction of sp³-hybridized carbons (Fsp3) is 0.429. The monoisotopic (exact) mass is 248 g/mol. The number of para-hydroxylation sites is 1. The van der Waals surface area contributed by atoms with Gasteiger partial charge in [-0.25, -0.2) is 0 Å². The first-order valence-electron chi connectivity index (χ1n) is 6.01. The maximum absolute atomic E-state index is 5.73. The molecule has 92 valence electrons. The fourth-order valence-electron chi connectivity index (χ4n) is 1.66. The van der Waals surface area contributed by atoms with Gasteiger partial charge in [0.1, 0.15) is 0 Å². The van der Waals surface area contributed by atoms with E-state index in [9.17, 15) is 0 Å². The smallest absolute Gasteiger partial charge is 0.0732 e. The Morgan fingerprint density at radius 1 is 1.29 bits per heavy atom. The average molecular weight is 248 g/mol. The zero-order valence-electron chi connectivity index (χ0n) is 10.5. The molecule has 0 unspecified atom stereocenters. The number of aromatic amines is 1. The van der Waals surface area contributed by atoms with Crippen LogP contribution in [0.2, 0.25) is 0 Å². The molecule has 1 aromatic carbocycles. The van der Waals surface area contributed by atoms with Crippen LogP contribution in [-0.4, -0.2) is 17.3 Å². The van der Waals surface area contributed by atoms with Gasteiger partial charge in [0, 0.05) is 10.9 Å². The van der Waals surface area contributed by atoms with Crippen molar-refractivity contribution in [3.8, 4) is 0 Å². The molecule has 0 aliphatic rings. The van der Waals surface area contributed by atoms with Crippen molar-refractivity contribution in [3.05, 3.63) is 30.3 Å². The third kappa shape index (κ3) is 3.27. The number of H-pyrrole nitrogens is 1. The van der Waals surface area contributed by atoms with Gasteiger partial charge in [0.25, 0.3) is 0 Å². The van der Waals surface area contributed by atoms with E-state index in [0.29, 0.717) is 0 Å². The second kappa shape index (κ2) is 5.15. The summed E-state index contributed by atoms with van der Waals surface area (Å²) >= 11 is 1.88. The molecule has 0 fully saturated rings. The third-order valence-corrected chi connectivity index (χ3v) is 4.03. The average Bonchev–Trinajstić information content (AvgIpc) is 2.71. The molecular formula is C14H20N2S. The Balaban J connectivity index is 1.95. The molecule has 0 aliphatic heterocycles. The molecular weight excluding hydrogens is 228 g/mol. The van der Waals surface area contributed by atoms with Crippen LogP contribution >= 0.6 is 11.8 Å². The Hall–Kier alpha value is -0.930. The zero-order valence-corrected chi connectivity index (χ0v) is 11.3. The van der Waals surface area contributed by atoms with E-state index in [1.165, 1.54) is 15.9 Å². The highest BCUT2D eigenvalue weighted by atomic mass is 32.2. The first kappa shape index (κ1) is 12.5. The molecule has 1 heterocycles. The van der Waals surface area contributed by atoms with Crippen molar-refractivity contribution < 1.29 is 0 Å². The predicted molar refractivity (Wildman–Crippen MR) is 76.5 cm³/mol. The molecule has 0 bridgehead atoms. The van der Waals surface area contributed by atoms with Crippen molar-refractivity contribution >= 4 is 22.7 Å². The molecule has 0 spiro atoms. The van der Waals surface area contributed by atoms with Gasteiger partial charge in [-0.15, -0.1) is 11.8 Å². The highest BCUT2D eigenvalue weighted by Crippen LogP contribution is 2.27. The number of benzene rings is 1. The van der Waals surface area contributed by atoms with Crippen LogP contribution in [0.25, 0.3) is 10.9 Å². The summed E-state index contributed by atoms with van der Waals surface area (Å²) in [4.78, 5) is 3.43. The van der Waals surface area contributed by atoms with Gasteiger partial charge < -0.3 is 10.7 Å². The summed E-state index contributed by atoms with van der Waals surface area (Å²) in [7, 11) is 0. The summed E-state index contributed by atoms with van der Waals surface area (Å²) in [6, 6.07) is 10.6. The van der Waals surface area contributed by atoms with Crippen LogP contribution in [0.1, 0.15) is 20.3 Å². The summed E-state index contributed by atoms with van der Waals surface area (Å²) in [6.45, 7) is 5.19. The van der Waals surface area contributed by atoms with Crippen molar-refractivity contribution in [3.63, 3.8) is 0 Å². The lowest BCUT2D eigenvalue weighted by Gasteiger charge is -2.21. The molecule has 3 heteroatoms. The quantitative estimate of drug-likeness (QED) is 0.793. The molecule has 3 N–H and O–H groups in total. The number of thioether (sulfide) groups is 1. The van der Waals surface area contributed by atoms with Crippen LogP contribution < -0.4 is 5.73 Å². The van der Waals surface area contributed by atoms with Crippen molar-refractivity contribution in [1.29, 1.82) is 0 Å². The standard InChI is InChI=1S/C14H20N2S/c1-14(2,10-15)7-8-17-13-9-11-5-3-4-6-12(11)16-13/h3-6,9,16H,7-8,10,15H2,1-2H3. The number of hydrogen-bond acceptors (Lipinski definition) is 2. The summed E-state index contributed by atoms with van der Waals surface area (Å²) in [5, 5.41) is 2.53. The number of nitrogens with two attached hydrogens (primary N) is 1. The molecule has 0 amide bonds. The second-order valence-electron chi connectivity index (χ2n) is 5.19. The van der Waals surface area contributed by atoms with Crippen molar-refractivity contribution in [2.75, 3.05) is 12.3 Å². The summed E-state index contributed by atoms with van der Waals surface area (Å²) in [6.07, 6.45) is 1.14. The lowest BCUT2D eigenvalue weighted by atomic mass is 9.91. The summed E-state index contributed by atoms with van der Waals surface area (Å²) in [5.74, 6) is 1.11. The number of fused-ring (bicyclic) bond motifs is 1.